The zero-order chi connectivity index (χ0) is 13.2. The molecule has 1 N–H and O–H groups in total. The van der Waals surface area contributed by atoms with Gasteiger partial charge in [-0.3, -0.25) is 0 Å². The van der Waals surface area contributed by atoms with Crippen molar-refractivity contribution in [3.05, 3.63) is 29.3 Å². The molecule has 1 saturated heterocycles. The van der Waals surface area contributed by atoms with Crippen molar-refractivity contribution in [2.24, 2.45) is 5.92 Å². The second-order valence-electron chi connectivity index (χ2n) is 5.88. The van der Waals surface area contributed by atoms with Gasteiger partial charge in [0, 0.05) is 19.5 Å². The summed E-state index contributed by atoms with van der Waals surface area (Å²) in [6.45, 7) is 6.02. The molecule has 1 aromatic carbocycles. The lowest BCUT2D eigenvalue weighted by atomic mass is 10.0. The van der Waals surface area contributed by atoms with Gasteiger partial charge in [-0.1, -0.05) is 12.1 Å². The van der Waals surface area contributed by atoms with Crippen LogP contribution in [0.2, 0.25) is 0 Å². The van der Waals surface area contributed by atoms with Crippen molar-refractivity contribution in [1.29, 1.82) is 0 Å². The van der Waals surface area contributed by atoms with E-state index in [9.17, 15) is 5.11 Å². The summed E-state index contributed by atoms with van der Waals surface area (Å²) < 4.78 is 5.53. The standard InChI is InChI=1S/C16H23NO2/c1-12(18)15-5-8-17(11-15)7-4-13-2-3-16-14(10-13)6-9-19-16/h2-3,10,12,15,18H,4-9,11H2,1H3. The van der Waals surface area contributed by atoms with Crippen molar-refractivity contribution in [3.63, 3.8) is 0 Å². The molecule has 3 rings (SSSR count). The van der Waals surface area contributed by atoms with E-state index in [-0.39, 0.29) is 6.10 Å². The first kappa shape index (κ1) is 12.9. The van der Waals surface area contributed by atoms with Crippen molar-refractivity contribution in [3.8, 4) is 5.75 Å². The SMILES string of the molecule is CC(O)C1CCN(CCc2ccc3c(c2)CCO3)C1. The maximum atomic E-state index is 9.62. The molecule has 3 nitrogen and oxygen atoms in total. The van der Waals surface area contributed by atoms with Crippen LogP contribution in [0.15, 0.2) is 18.2 Å². The molecule has 2 atom stereocenters. The van der Waals surface area contributed by atoms with Crippen LogP contribution in [0.3, 0.4) is 0 Å². The zero-order valence-corrected chi connectivity index (χ0v) is 11.6. The Morgan fingerprint density at radius 3 is 3.16 bits per heavy atom. The van der Waals surface area contributed by atoms with Crippen LogP contribution in [0.25, 0.3) is 0 Å². The van der Waals surface area contributed by atoms with Gasteiger partial charge in [0.05, 0.1) is 12.7 Å². The quantitative estimate of drug-likeness (QED) is 0.898. The molecule has 0 spiro atoms. The topological polar surface area (TPSA) is 32.7 Å². The van der Waals surface area contributed by atoms with E-state index < -0.39 is 0 Å². The number of aliphatic hydroxyl groups excluding tert-OH is 1. The van der Waals surface area contributed by atoms with Crippen molar-refractivity contribution in [2.75, 3.05) is 26.2 Å². The van der Waals surface area contributed by atoms with Crippen LogP contribution >= 0.6 is 0 Å². The molecular formula is C16H23NO2. The van der Waals surface area contributed by atoms with Gasteiger partial charge in [-0.05, 0) is 49.4 Å². The minimum atomic E-state index is -0.165. The van der Waals surface area contributed by atoms with E-state index in [1.54, 1.807) is 0 Å². The van der Waals surface area contributed by atoms with Gasteiger partial charge in [0.25, 0.3) is 0 Å². The maximum absolute atomic E-state index is 9.62. The number of likely N-dealkylation sites (tertiary alicyclic amines) is 1. The molecule has 0 bridgehead atoms. The van der Waals surface area contributed by atoms with Crippen LogP contribution in [0, 0.1) is 5.92 Å². The van der Waals surface area contributed by atoms with E-state index in [2.05, 4.69) is 23.1 Å². The summed E-state index contributed by atoms with van der Waals surface area (Å²) in [7, 11) is 0. The summed E-state index contributed by atoms with van der Waals surface area (Å²) in [6.07, 6.45) is 3.12. The highest BCUT2D eigenvalue weighted by Gasteiger charge is 2.25. The Morgan fingerprint density at radius 1 is 1.47 bits per heavy atom. The Labute approximate surface area is 115 Å². The second-order valence-corrected chi connectivity index (χ2v) is 5.88. The summed E-state index contributed by atoms with van der Waals surface area (Å²) >= 11 is 0. The fraction of sp³-hybridized carbons (Fsp3) is 0.625. The fourth-order valence-corrected chi connectivity index (χ4v) is 3.14. The number of hydrogen-bond donors (Lipinski definition) is 1. The Kier molecular flexibility index (Phi) is 3.76. The molecule has 2 aliphatic rings. The molecule has 19 heavy (non-hydrogen) atoms. The van der Waals surface area contributed by atoms with E-state index in [1.807, 2.05) is 6.92 Å². The second kappa shape index (κ2) is 5.51. The third-order valence-electron chi connectivity index (χ3n) is 4.46. The number of aliphatic hydroxyl groups is 1. The Hall–Kier alpha value is -1.06. The highest BCUT2D eigenvalue weighted by Crippen LogP contribution is 2.26. The minimum absolute atomic E-state index is 0.165. The van der Waals surface area contributed by atoms with Crippen molar-refractivity contribution >= 4 is 0 Å². The van der Waals surface area contributed by atoms with Crippen LogP contribution in [0.4, 0.5) is 0 Å². The molecule has 2 aliphatic heterocycles. The number of ether oxygens (including phenoxy) is 1. The number of fused-ring (bicyclic) bond motifs is 1. The number of nitrogens with zero attached hydrogens (tertiary/aromatic N) is 1. The van der Waals surface area contributed by atoms with E-state index in [4.69, 9.17) is 4.74 Å². The average molecular weight is 261 g/mol. The smallest absolute Gasteiger partial charge is 0.122 e. The molecule has 0 aliphatic carbocycles. The van der Waals surface area contributed by atoms with Crippen LogP contribution in [-0.4, -0.2) is 42.4 Å². The monoisotopic (exact) mass is 261 g/mol. The molecule has 2 unspecified atom stereocenters. The van der Waals surface area contributed by atoms with E-state index in [1.165, 1.54) is 11.1 Å². The number of rotatable bonds is 4. The molecule has 2 heterocycles. The summed E-state index contributed by atoms with van der Waals surface area (Å²) in [5.74, 6) is 1.53. The zero-order valence-electron chi connectivity index (χ0n) is 11.6. The molecule has 0 aromatic heterocycles. The van der Waals surface area contributed by atoms with Gasteiger partial charge < -0.3 is 14.7 Å². The molecule has 1 fully saturated rings. The van der Waals surface area contributed by atoms with Crippen LogP contribution in [-0.2, 0) is 12.8 Å². The van der Waals surface area contributed by atoms with Crippen molar-refractivity contribution < 1.29 is 9.84 Å². The largest absolute Gasteiger partial charge is 0.493 e. The van der Waals surface area contributed by atoms with E-state index in [0.717, 1.165) is 51.3 Å². The first-order chi connectivity index (χ1) is 9.22. The molecular weight excluding hydrogens is 238 g/mol. The van der Waals surface area contributed by atoms with E-state index >= 15 is 0 Å². The highest BCUT2D eigenvalue weighted by atomic mass is 16.5. The van der Waals surface area contributed by atoms with Crippen LogP contribution in [0.1, 0.15) is 24.5 Å². The molecule has 104 valence electrons. The summed E-state index contributed by atoms with van der Waals surface area (Å²) in [6, 6.07) is 6.59. The van der Waals surface area contributed by atoms with Gasteiger partial charge in [-0.15, -0.1) is 0 Å². The van der Waals surface area contributed by atoms with Gasteiger partial charge in [0.2, 0.25) is 0 Å². The predicted octanol–water partition coefficient (Wildman–Crippen LogP) is 1.87. The van der Waals surface area contributed by atoms with Crippen molar-refractivity contribution in [2.45, 2.75) is 32.3 Å². The van der Waals surface area contributed by atoms with Gasteiger partial charge in [-0.2, -0.15) is 0 Å². The lowest BCUT2D eigenvalue weighted by Gasteiger charge is -2.17. The Bertz CT molecular complexity index is 444. The Morgan fingerprint density at radius 2 is 2.37 bits per heavy atom. The van der Waals surface area contributed by atoms with Crippen LogP contribution in [0.5, 0.6) is 5.75 Å². The lowest BCUT2D eigenvalue weighted by Crippen LogP contribution is -2.26. The number of benzene rings is 1. The summed E-state index contributed by atoms with van der Waals surface area (Å²) in [5.41, 5.74) is 2.77. The maximum Gasteiger partial charge on any atom is 0.122 e. The first-order valence-corrected chi connectivity index (χ1v) is 7.37. The Balaban J connectivity index is 1.53. The molecule has 1 aromatic rings. The van der Waals surface area contributed by atoms with Gasteiger partial charge >= 0.3 is 0 Å². The highest BCUT2D eigenvalue weighted by molar-refractivity contribution is 5.39. The molecule has 0 saturated carbocycles. The summed E-state index contributed by atoms with van der Waals surface area (Å²) in [5, 5.41) is 9.62. The third-order valence-corrected chi connectivity index (χ3v) is 4.46. The van der Waals surface area contributed by atoms with Crippen molar-refractivity contribution in [1.82, 2.24) is 4.90 Å². The van der Waals surface area contributed by atoms with Gasteiger partial charge in [0.1, 0.15) is 5.75 Å². The molecule has 0 amide bonds. The normalized spacial score (nSPS) is 24.2. The predicted molar refractivity (Wildman–Crippen MR) is 75.6 cm³/mol. The van der Waals surface area contributed by atoms with Crippen LogP contribution < -0.4 is 4.74 Å². The average Bonchev–Trinajstić information content (AvgIpc) is 3.04. The van der Waals surface area contributed by atoms with E-state index in [0.29, 0.717) is 5.92 Å². The first-order valence-electron chi connectivity index (χ1n) is 7.37. The van der Waals surface area contributed by atoms with Gasteiger partial charge in [-0.25, -0.2) is 0 Å². The third kappa shape index (κ3) is 2.93. The molecule has 3 heteroatoms. The minimum Gasteiger partial charge on any atom is -0.493 e. The fourth-order valence-electron chi connectivity index (χ4n) is 3.14. The van der Waals surface area contributed by atoms with Gasteiger partial charge in [0.15, 0.2) is 0 Å². The number of hydrogen-bond acceptors (Lipinski definition) is 3. The molecule has 0 radical (unpaired) electrons. The lowest BCUT2D eigenvalue weighted by molar-refractivity contribution is 0.128. The summed E-state index contributed by atoms with van der Waals surface area (Å²) in [4.78, 5) is 2.47.